The molecule has 3 heteroatoms. The predicted molar refractivity (Wildman–Crippen MR) is 68.5 cm³/mol. The zero-order valence-corrected chi connectivity index (χ0v) is 10.9. The molecule has 0 amide bonds. The Bertz CT molecular complexity index is 213. The third kappa shape index (κ3) is 2.96. The second-order valence-corrected chi connectivity index (χ2v) is 5.91. The van der Waals surface area contributed by atoms with Gasteiger partial charge < -0.3 is 10.6 Å². The van der Waals surface area contributed by atoms with Crippen LogP contribution in [-0.2, 0) is 0 Å². The van der Waals surface area contributed by atoms with E-state index in [9.17, 15) is 0 Å². The van der Waals surface area contributed by atoms with Gasteiger partial charge in [-0.15, -0.1) is 0 Å². The van der Waals surface area contributed by atoms with Gasteiger partial charge in [-0.05, 0) is 31.2 Å². The first-order valence-corrected chi connectivity index (χ1v) is 6.83. The number of hydrogen-bond acceptors (Lipinski definition) is 3. The minimum atomic E-state index is 0.321. The lowest BCUT2D eigenvalue weighted by molar-refractivity contribution is 0.0879. The molecule has 0 bridgehead atoms. The summed E-state index contributed by atoms with van der Waals surface area (Å²) in [5.74, 6) is 0. The van der Waals surface area contributed by atoms with Crippen LogP contribution in [0.1, 0.15) is 33.1 Å². The van der Waals surface area contributed by atoms with Crippen molar-refractivity contribution in [2.24, 2.45) is 11.1 Å². The third-order valence-corrected chi connectivity index (χ3v) is 4.42. The molecule has 2 rings (SSSR count). The van der Waals surface area contributed by atoms with Gasteiger partial charge in [0.15, 0.2) is 0 Å². The van der Waals surface area contributed by atoms with Crippen LogP contribution in [0.25, 0.3) is 0 Å². The van der Waals surface area contributed by atoms with Crippen molar-refractivity contribution >= 4 is 0 Å². The first-order valence-electron chi connectivity index (χ1n) is 6.83. The van der Waals surface area contributed by atoms with Crippen LogP contribution in [0.15, 0.2) is 0 Å². The van der Waals surface area contributed by atoms with Crippen molar-refractivity contribution in [2.45, 2.75) is 39.2 Å². The first kappa shape index (κ1) is 12.3. The fraction of sp³-hybridized carbons (Fsp3) is 1.00. The number of nitrogens with zero attached hydrogens (tertiary/aromatic N) is 2. The largest absolute Gasteiger partial charge is 0.330 e. The summed E-state index contributed by atoms with van der Waals surface area (Å²) in [4.78, 5) is 5.28. The van der Waals surface area contributed by atoms with E-state index in [2.05, 4.69) is 23.6 Å². The predicted octanol–water partition coefficient (Wildman–Crippen LogP) is 1.14. The van der Waals surface area contributed by atoms with E-state index in [1.807, 2.05) is 0 Å². The number of piperazine rings is 1. The molecule has 94 valence electrons. The van der Waals surface area contributed by atoms with E-state index in [1.54, 1.807) is 0 Å². The molecule has 2 aliphatic rings. The van der Waals surface area contributed by atoms with E-state index in [1.165, 1.54) is 52.0 Å². The van der Waals surface area contributed by atoms with Gasteiger partial charge in [-0.2, -0.15) is 0 Å². The third-order valence-electron chi connectivity index (χ3n) is 4.42. The number of hydrogen-bond donors (Lipinski definition) is 1. The van der Waals surface area contributed by atoms with E-state index in [4.69, 9.17) is 5.73 Å². The van der Waals surface area contributed by atoms with Crippen LogP contribution < -0.4 is 5.73 Å². The second-order valence-electron chi connectivity index (χ2n) is 5.91. The molecule has 0 aromatic rings. The molecular weight excluding hydrogens is 198 g/mol. The summed E-state index contributed by atoms with van der Waals surface area (Å²) in [6.07, 6.45) is 4.07. The molecule has 1 aliphatic heterocycles. The van der Waals surface area contributed by atoms with E-state index in [-0.39, 0.29) is 0 Å². The Labute approximate surface area is 100.0 Å². The van der Waals surface area contributed by atoms with Crippen LogP contribution in [0.2, 0.25) is 0 Å². The number of rotatable bonds is 5. The highest BCUT2D eigenvalue weighted by Gasteiger charge is 2.32. The van der Waals surface area contributed by atoms with E-state index >= 15 is 0 Å². The van der Waals surface area contributed by atoms with Crippen molar-refractivity contribution in [3.05, 3.63) is 0 Å². The van der Waals surface area contributed by atoms with Gasteiger partial charge in [-0.25, -0.2) is 0 Å². The fourth-order valence-corrected chi connectivity index (χ4v) is 2.59. The lowest BCUT2D eigenvalue weighted by atomic mass is 9.87. The molecule has 16 heavy (non-hydrogen) atoms. The molecule has 1 atom stereocenters. The molecule has 1 heterocycles. The lowest BCUT2D eigenvalue weighted by Crippen LogP contribution is -2.51. The standard InChI is InChI=1S/C13H27N3/c1-3-13(2,10-14)11-15-6-8-16(9-7-15)12-4-5-12/h12H,3-11,14H2,1-2H3. The van der Waals surface area contributed by atoms with Crippen LogP contribution in [-0.4, -0.2) is 55.1 Å². The monoisotopic (exact) mass is 225 g/mol. The molecule has 2 N–H and O–H groups in total. The zero-order chi connectivity index (χ0) is 11.6. The van der Waals surface area contributed by atoms with Crippen LogP contribution in [0.5, 0.6) is 0 Å². The smallest absolute Gasteiger partial charge is 0.0113 e. The normalized spacial score (nSPS) is 27.9. The van der Waals surface area contributed by atoms with Crippen molar-refractivity contribution in [3.8, 4) is 0 Å². The lowest BCUT2D eigenvalue weighted by Gasteiger charge is -2.39. The van der Waals surface area contributed by atoms with Crippen molar-refractivity contribution in [2.75, 3.05) is 39.3 Å². The molecule has 0 aromatic heterocycles. The Balaban J connectivity index is 1.75. The van der Waals surface area contributed by atoms with Crippen LogP contribution in [0, 0.1) is 5.41 Å². The highest BCUT2D eigenvalue weighted by atomic mass is 15.3. The summed E-state index contributed by atoms with van der Waals surface area (Å²) in [5, 5.41) is 0. The molecular formula is C13H27N3. The minimum absolute atomic E-state index is 0.321. The summed E-state index contributed by atoms with van der Waals surface area (Å²) in [7, 11) is 0. The SMILES string of the molecule is CCC(C)(CN)CN1CCN(C2CC2)CC1. The maximum Gasteiger partial charge on any atom is 0.0113 e. The average molecular weight is 225 g/mol. The van der Waals surface area contributed by atoms with Gasteiger partial charge in [-0.3, -0.25) is 4.90 Å². The zero-order valence-electron chi connectivity index (χ0n) is 10.9. The summed E-state index contributed by atoms with van der Waals surface area (Å²) in [5.41, 5.74) is 6.20. The van der Waals surface area contributed by atoms with Gasteiger partial charge >= 0.3 is 0 Å². The molecule has 2 fully saturated rings. The van der Waals surface area contributed by atoms with Gasteiger partial charge in [-0.1, -0.05) is 13.8 Å². The Morgan fingerprint density at radius 3 is 2.25 bits per heavy atom. The molecule has 1 saturated carbocycles. The van der Waals surface area contributed by atoms with E-state index in [0.29, 0.717) is 5.41 Å². The number of nitrogens with two attached hydrogens (primary N) is 1. The maximum atomic E-state index is 5.88. The molecule has 1 saturated heterocycles. The van der Waals surface area contributed by atoms with Crippen LogP contribution in [0.3, 0.4) is 0 Å². The molecule has 1 aliphatic carbocycles. The maximum absolute atomic E-state index is 5.88. The van der Waals surface area contributed by atoms with Gasteiger partial charge in [0, 0.05) is 38.8 Å². The van der Waals surface area contributed by atoms with Crippen molar-refractivity contribution in [1.29, 1.82) is 0 Å². The van der Waals surface area contributed by atoms with Gasteiger partial charge in [0.1, 0.15) is 0 Å². The van der Waals surface area contributed by atoms with Crippen molar-refractivity contribution < 1.29 is 0 Å². The summed E-state index contributed by atoms with van der Waals surface area (Å²) in [6, 6.07) is 0.939. The fourth-order valence-electron chi connectivity index (χ4n) is 2.59. The van der Waals surface area contributed by atoms with E-state index < -0.39 is 0 Å². The van der Waals surface area contributed by atoms with Crippen LogP contribution >= 0.6 is 0 Å². The quantitative estimate of drug-likeness (QED) is 0.761. The summed E-state index contributed by atoms with van der Waals surface area (Å²) < 4.78 is 0. The topological polar surface area (TPSA) is 32.5 Å². The van der Waals surface area contributed by atoms with Gasteiger partial charge in [0.05, 0.1) is 0 Å². The highest BCUT2D eigenvalue weighted by Crippen LogP contribution is 2.28. The van der Waals surface area contributed by atoms with Crippen molar-refractivity contribution in [1.82, 2.24) is 9.80 Å². The second kappa shape index (κ2) is 5.03. The van der Waals surface area contributed by atoms with E-state index in [0.717, 1.165) is 12.6 Å². The Kier molecular flexibility index (Phi) is 3.88. The summed E-state index contributed by atoms with van der Waals surface area (Å²) in [6.45, 7) is 11.6. The minimum Gasteiger partial charge on any atom is -0.330 e. The average Bonchev–Trinajstić information content (AvgIpc) is 3.14. The molecule has 1 unspecified atom stereocenters. The van der Waals surface area contributed by atoms with Gasteiger partial charge in [0.2, 0.25) is 0 Å². The molecule has 0 aromatic carbocycles. The van der Waals surface area contributed by atoms with Gasteiger partial charge in [0.25, 0.3) is 0 Å². The van der Waals surface area contributed by atoms with Crippen LogP contribution in [0.4, 0.5) is 0 Å². The Morgan fingerprint density at radius 1 is 1.19 bits per heavy atom. The molecule has 0 radical (unpaired) electrons. The molecule has 0 spiro atoms. The molecule has 3 nitrogen and oxygen atoms in total. The Morgan fingerprint density at radius 2 is 1.81 bits per heavy atom. The summed E-state index contributed by atoms with van der Waals surface area (Å²) >= 11 is 0. The Hall–Kier alpha value is -0.120. The van der Waals surface area contributed by atoms with Crippen molar-refractivity contribution in [3.63, 3.8) is 0 Å². The highest BCUT2D eigenvalue weighted by molar-refractivity contribution is 4.89. The first-order chi connectivity index (χ1) is 7.67.